The summed E-state index contributed by atoms with van der Waals surface area (Å²) in [5.74, 6) is -0.0924. The van der Waals surface area contributed by atoms with Crippen LogP contribution in [0.3, 0.4) is 0 Å². The minimum absolute atomic E-state index is 0.0248. The lowest BCUT2D eigenvalue weighted by atomic mass is 9.96. The Morgan fingerprint density at radius 2 is 1.92 bits per heavy atom. The van der Waals surface area contributed by atoms with Crippen LogP contribution in [0.1, 0.15) is 33.3 Å². The smallest absolute Gasteiger partial charge is 0.276 e. The Balaban J connectivity index is 2.39. The third-order valence-electron chi connectivity index (χ3n) is 2.99. The molecule has 0 atom stereocenters. The van der Waals surface area contributed by atoms with Crippen LogP contribution in [0.25, 0.3) is 0 Å². The Hall–Kier alpha value is -1.67. The fraction of sp³-hybridized carbons (Fsp3) is 0.438. The number of carbonyl (C=O) groups is 2. The fourth-order valence-electron chi connectivity index (χ4n) is 1.51. The van der Waals surface area contributed by atoms with Crippen molar-refractivity contribution in [3.63, 3.8) is 0 Å². The molecule has 8 heteroatoms. The Kier molecular flexibility index (Phi) is 7.62. The first kappa shape index (κ1) is 20.4. The number of rotatable bonds is 4. The van der Waals surface area contributed by atoms with Gasteiger partial charge in [-0.2, -0.15) is 0 Å². The predicted octanol–water partition coefficient (Wildman–Crippen LogP) is 2.46. The number of hydrogen-bond donors (Lipinski definition) is 3. The summed E-state index contributed by atoms with van der Waals surface area (Å²) >= 11 is 8.34. The molecule has 0 saturated heterocycles. The molecule has 132 valence electrons. The molecule has 0 aromatic heterocycles. The van der Waals surface area contributed by atoms with Crippen LogP contribution < -0.4 is 20.9 Å². The van der Waals surface area contributed by atoms with Crippen LogP contribution in [0.4, 0.5) is 0 Å². The summed E-state index contributed by atoms with van der Waals surface area (Å²) in [5, 5.41) is 2.51. The molecule has 0 aliphatic rings. The molecular formula is C16H22BrN3O3S. The molecule has 3 N–H and O–H groups in total. The summed E-state index contributed by atoms with van der Waals surface area (Å²) in [5.41, 5.74) is 5.42. The van der Waals surface area contributed by atoms with Crippen molar-refractivity contribution in [2.24, 2.45) is 5.41 Å². The Morgan fingerprint density at radius 3 is 2.46 bits per heavy atom. The average molecular weight is 416 g/mol. The van der Waals surface area contributed by atoms with E-state index in [2.05, 4.69) is 39.0 Å². The molecule has 0 unspecified atom stereocenters. The van der Waals surface area contributed by atoms with Gasteiger partial charge in [0.05, 0.1) is 4.47 Å². The van der Waals surface area contributed by atoms with Crippen molar-refractivity contribution in [2.45, 2.75) is 34.1 Å². The maximum atomic E-state index is 11.8. The molecule has 6 nitrogen and oxygen atoms in total. The number of aryl methyl sites for hydroxylation is 1. The first-order chi connectivity index (χ1) is 11.1. The second-order valence-corrected chi connectivity index (χ2v) is 7.38. The quantitative estimate of drug-likeness (QED) is 0.519. The minimum atomic E-state index is -0.574. The van der Waals surface area contributed by atoms with E-state index < -0.39 is 11.3 Å². The fourth-order valence-corrected chi connectivity index (χ4v) is 2.19. The van der Waals surface area contributed by atoms with Crippen molar-refractivity contribution < 1.29 is 14.3 Å². The van der Waals surface area contributed by atoms with Crippen LogP contribution in [0.2, 0.25) is 0 Å². The maximum absolute atomic E-state index is 11.8. The third-order valence-corrected chi connectivity index (χ3v) is 3.81. The highest BCUT2D eigenvalue weighted by atomic mass is 79.9. The summed E-state index contributed by atoms with van der Waals surface area (Å²) in [7, 11) is 0. The summed E-state index contributed by atoms with van der Waals surface area (Å²) < 4.78 is 6.22. The van der Waals surface area contributed by atoms with Crippen molar-refractivity contribution in [1.82, 2.24) is 16.2 Å². The van der Waals surface area contributed by atoms with Crippen LogP contribution in [0, 0.1) is 5.41 Å². The number of halogens is 1. The largest absolute Gasteiger partial charge is 0.483 e. The van der Waals surface area contributed by atoms with Crippen LogP contribution in [-0.2, 0) is 16.0 Å². The number of hydrazine groups is 1. The molecule has 0 bridgehead atoms. The van der Waals surface area contributed by atoms with Gasteiger partial charge < -0.3 is 10.1 Å². The third kappa shape index (κ3) is 6.84. The van der Waals surface area contributed by atoms with Gasteiger partial charge in [-0.05, 0) is 52.3 Å². The topological polar surface area (TPSA) is 79.5 Å². The first-order valence-electron chi connectivity index (χ1n) is 7.45. The standard InChI is InChI=1S/C16H22BrN3O3S/c1-5-10-6-7-12(11(17)8-10)23-9-13(21)19-20-15(24)18-14(22)16(2,3)4/h6-8H,5,9H2,1-4H3,(H,19,21)(H2,18,20,22,24). The molecule has 1 aromatic rings. The van der Waals surface area contributed by atoms with E-state index in [-0.39, 0.29) is 17.6 Å². The second kappa shape index (κ2) is 8.98. The molecule has 2 amide bonds. The van der Waals surface area contributed by atoms with E-state index in [1.54, 1.807) is 26.8 Å². The lowest BCUT2D eigenvalue weighted by Gasteiger charge is -2.18. The minimum Gasteiger partial charge on any atom is -0.483 e. The molecule has 0 fully saturated rings. The van der Waals surface area contributed by atoms with E-state index in [0.29, 0.717) is 5.75 Å². The van der Waals surface area contributed by atoms with E-state index in [1.165, 1.54) is 5.56 Å². The average Bonchev–Trinajstić information content (AvgIpc) is 2.50. The number of thiocarbonyl (C=S) groups is 1. The zero-order chi connectivity index (χ0) is 18.3. The van der Waals surface area contributed by atoms with E-state index in [1.807, 2.05) is 12.1 Å². The van der Waals surface area contributed by atoms with Crippen molar-refractivity contribution in [3.05, 3.63) is 28.2 Å². The first-order valence-corrected chi connectivity index (χ1v) is 8.65. The molecule has 0 aliphatic heterocycles. The monoisotopic (exact) mass is 415 g/mol. The number of hydrogen-bond acceptors (Lipinski definition) is 4. The number of amides is 2. The van der Waals surface area contributed by atoms with Gasteiger partial charge in [0, 0.05) is 5.41 Å². The van der Waals surface area contributed by atoms with Gasteiger partial charge >= 0.3 is 0 Å². The number of ether oxygens (including phenoxy) is 1. The highest BCUT2D eigenvalue weighted by molar-refractivity contribution is 9.10. The summed E-state index contributed by atoms with van der Waals surface area (Å²) in [6, 6.07) is 5.69. The highest BCUT2D eigenvalue weighted by Gasteiger charge is 2.22. The van der Waals surface area contributed by atoms with Crippen LogP contribution in [0.5, 0.6) is 5.75 Å². The predicted molar refractivity (Wildman–Crippen MR) is 100 cm³/mol. The second-order valence-electron chi connectivity index (χ2n) is 6.11. The molecule has 1 aromatic carbocycles. The molecule has 0 radical (unpaired) electrons. The molecule has 1 rings (SSSR count). The molecule has 0 aliphatic carbocycles. The number of nitrogens with one attached hydrogen (secondary N) is 3. The summed E-state index contributed by atoms with van der Waals surface area (Å²) in [6.45, 7) is 7.16. The van der Waals surface area contributed by atoms with E-state index in [9.17, 15) is 9.59 Å². The zero-order valence-electron chi connectivity index (χ0n) is 14.2. The van der Waals surface area contributed by atoms with Crippen molar-refractivity contribution in [2.75, 3.05) is 6.61 Å². The van der Waals surface area contributed by atoms with E-state index >= 15 is 0 Å². The van der Waals surface area contributed by atoms with Gasteiger partial charge in [-0.3, -0.25) is 20.4 Å². The van der Waals surface area contributed by atoms with Gasteiger partial charge in [-0.15, -0.1) is 0 Å². The van der Waals surface area contributed by atoms with Crippen molar-refractivity contribution in [3.8, 4) is 5.75 Å². The van der Waals surface area contributed by atoms with Crippen LogP contribution in [0.15, 0.2) is 22.7 Å². The highest BCUT2D eigenvalue weighted by Crippen LogP contribution is 2.26. The van der Waals surface area contributed by atoms with Crippen LogP contribution in [-0.4, -0.2) is 23.5 Å². The lowest BCUT2D eigenvalue weighted by Crippen LogP contribution is -2.51. The molecule has 0 saturated carbocycles. The number of carbonyl (C=O) groups excluding carboxylic acids is 2. The number of benzene rings is 1. The normalized spacial score (nSPS) is 10.7. The van der Waals surface area contributed by atoms with E-state index in [0.717, 1.165) is 10.9 Å². The van der Waals surface area contributed by atoms with Gasteiger partial charge in [0.15, 0.2) is 11.7 Å². The Bertz CT molecular complexity index is 629. The van der Waals surface area contributed by atoms with Gasteiger partial charge in [0.1, 0.15) is 5.75 Å². The molecule has 0 spiro atoms. The lowest BCUT2D eigenvalue weighted by molar-refractivity contribution is -0.127. The van der Waals surface area contributed by atoms with Gasteiger partial charge in [0.25, 0.3) is 5.91 Å². The Labute approximate surface area is 155 Å². The van der Waals surface area contributed by atoms with Gasteiger partial charge in [-0.1, -0.05) is 33.8 Å². The van der Waals surface area contributed by atoms with Crippen molar-refractivity contribution in [1.29, 1.82) is 0 Å². The SMILES string of the molecule is CCc1ccc(OCC(=O)NNC(=S)NC(=O)C(C)(C)C)c(Br)c1. The molecular weight excluding hydrogens is 394 g/mol. The van der Waals surface area contributed by atoms with Gasteiger partial charge in [0.2, 0.25) is 5.91 Å². The van der Waals surface area contributed by atoms with E-state index in [4.69, 9.17) is 17.0 Å². The molecule has 24 heavy (non-hydrogen) atoms. The van der Waals surface area contributed by atoms with Crippen molar-refractivity contribution >= 4 is 45.1 Å². The maximum Gasteiger partial charge on any atom is 0.276 e. The zero-order valence-corrected chi connectivity index (χ0v) is 16.6. The summed E-state index contributed by atoms with van der Waals surface area (Å²) in [4.78, 5) is 23.5. The van der Waals surface area contributed by atoms with Crippen LogP contribution >= 0.6 is 28.1 Å². The Morgan fingerprint density at radius 1 is 1.25 bits per heavy atom. The molecule has 0 heterocycles. The summed E-state index contributed by atoms with van der Waals surface area (Å²) in [6.07, 6.45) is 0.918. The van der Waals surface area contributed by atoms with Gasteiger partial charge in [-0.25, -0.2) is 0 Å².